The smallest absolute Gasteiger partial charge is 0.245 e. The zero-order valence-electron chi connectivity index (χ0n) is 12.5. The van der Waals surface area contributed by atoms with Gasteiger partial charge in [-0.3, -0.25) is 0 Å². The Morgan fingerprint density at radius 1 is 1.00 bits per heavy atom. The lowest BCUT2D eigenvalue weighted by atomic mass is 9.74. The maximum absolute atomic E-state index is 6.06. The maximum Gasteiger partial charge on any atom is 0.245 e. The van der Waals surface area contributed by atoms with Crippen molar-refractivity contribution in [2.75, 3.05) is 19.8 Å². The summed E-state index contributed by atoms with van der Waals surface area (Å²) >= 11 is 0. The standard InChI is InChI=1S/C17H20N2O3/c1-2-5-13(6-3-1)17(8-11-20-12-9-17)16-19-18-15(22-16)14-7-4-10-21-14/h1-3,5-6,14H,4,7-12H2/t14-/m1/s1. The summed E-state index contributed by atoms with van der Waals surface area (Å²) in [6, 6.07) is 10.4. The topological polar surface area (TPSA) is 57.4 Å². The molecular formula is C17H20N2O3. The van der Waals surface area contributed by atoms with Crippen molar-refractivity contribution < 1.29 is 13.9 Å². The molecule has 4 rings (SSSR count). The third kappa shape index (κ3) is 2.34. The van der Waals surface area contributed by atoms with Crippen LogP contribution in [0.4, 0.5) is 0 Å². The SMILES string of the molecule is c1ccc(C2(c3nnc([C@H]4CCCO4)o3)CCOCC2)cc1. The third-order valence-electron chi connectivity index (χ3n) is 4.73. The van der Waals surface area contributed by atoms with Crippen LogP contribution in [0, 0.1) is 0 Å². The van der Waals surface area contributed by atoms with Crippen LogP contribution < -0.4 is 0 Å². The largest absolute Gasteiger partial charge is 0.421 e. The molecule has 0 spiro atoms. The fraction of sp³-hybridized carbons (Fsp3) is 0.529. The Bertz CT molecular complexity index is 614. The van der Waals surface area contributed by atoms with E-state index in [9.17, 15) is 0 Å². The molecule has 0 radical (unpaired) electrons. The molecule has 2 aliphatic rings. The van der Waals surface area contributed by atoms with E-state index in [2.05, 4.69) is 34.5 Å². The van der Waals surface area contributed by atoms with Gasteiger partial charge in [0.1, 0.15) is 6.10 Å². The van der Waals surface area contributed by atoms with Gasteiger partial charge < -0.3 is 13.9 Å². The van der Waals surface area contributed by atoms with Crippen molar-refractivity contribution in [1.82, 2.24) is 10.2 Å². The van der Waals surface area contributed by atoms with Crippen LogP contribution in [0.3, 0.4) is 0 Å². The van der Waals surface area contributed by atoms with Gasteiger partial charge in [0, 0.05) is 19.8 Å². The Balaban J connectivity index is 1.72. The molecule has 1 aromatic heterocycles. The van der Waals surface area contributed by atoms with Crippen LogP contribution in [0.5, 0.6) is 0 Å². The van der Waals surface area contributed by atoms with Gasteiger partial charge in [-0.15, -0.1) is 10.2 Å². The lowest BCUT2D eigenvalue weighted by Crippen LogP contribution is -2.35. The molecule has 0 aliphatic carbocycles. The zero-order valence-corrected chi connectivity index (χ0v) is 12.5. The van der Waals surface area contributed by atoms with Crippen LogP contribution in [-0.4, -0.2) is 30.0 Å². The normalized spacial score (nSPS) is 24.5. The molecule has 5 nitrogen and oxygen atoms in total. The molecule has 5 heteroatoms. The van der Waals surface area contributed by atoms with Crippen molar-refractivity contribution in [3.63, 3.8) is 0 Å². The van der Waals surface area contributed by atoms with Crippen LogP contribution in [-0.2, 0) is 14.9 Å². The molecule has 2 aromatic rings. The minimum absolute atomic E-state index is 0.0334. The first-order valence-electron chi connectivity index (χ1n) is 7.97. The van der Waals surface area contributed by atoms with Gasteiger partial charge in [0.05, 0.1) is 5.41 Å². The highest BCUT2D eigenvalue weighted by atomic mass is 16.5. The van der Waals surface area contributed by atoms with Crippen molar-refractivity contribution >= 4 is 0 Å². The van der Waals surface area contributed by atoms with Gasteiger partial charge in [0.25, 0.3) is 0 Å². The van der Waals surface area contributed by atoms with Crippen LogP contribution in [0.2, 0.25) is 0 Å². The second-order valence-corrected chi connectivity index (χ2v) is 6.01. The van der Waals surface area contributed by atoms with E-state index in [-0.39, 0.29) is 11.5 Å². The van der Waals surface area contributed by atoms with Gasteiger partial charge >= 0.3 is 0 Å². The summed E-state index contributed by atoms with van der Waals surface area (Å²) in [5, 5.41) is 8.64. The van der Waals surface area contributed by atoms with Crippen molar-refractivity contribution in [1.29, 1.82) is 0 Å². The lowest BCUT2D eigenvalue weighted by Gasteiger charge is -2.34. The lowest BCUT2D eigenvalue weighted by molar-refractivity contribution is 0.0504. The van der Waals surface area contributed by atoms with Crippen LogP contribution in [0.25, 0.3) is 0 Å². The van der Waals surface area contributed by atoms with E-state index in [0.29, 0.717) is 25.0 Å². The summed E-state index contributed by atoms with van der Waals surface area (Å²) in [5.41, 5.74) is 0.990. The third-order valence-corrected chi connectivity index (χ3v) is 4.73. The summed E-state index contributed by atoms with van der Waals surface area (Å²) in [6.07, 6.45) is 3.71. The molecule has 2 saturated heterocycles. The second-order valence-electron chi connectivity index (χ2n) is 6.01. The average molecular weight is 300 g/mol. The number of benzene rings is 1. The fourth-order valence-electron chi connectivity index (χ4n) is 3.43. The molecule has 1 aromatic carbocycles. The van der Waals surface area contributed by atoms with Crippen molar-refractivity contribution in [2.24, 2.45) is 0 Å². The predicted molar refractivity (Wildman–Crippen MR) is 79.5 cm³/mol. The maximum atomic E-state index is 6.06. The monoisotopic (exact) mass is 300 g/mol. The molecular weight excluding hydrogens is 280 g/mol. The van der Waals surface area contributed by atoms with E-state index >= 15 is 0 Å². The molecule has 22 heavy (non-hydrogen) atoms. The Kier molecular flexibility index (Phi) is 3.68. The highest BCUT2D eigenvalue weighted by Crippen LogP contribution is 2.41. The Morgan fingerprint density at radius 3 is 2.55 bits per heavy atom. The van der Waals surface area contributed by atoms with Gasteiger partial charge in [0.2, 0.25) is 11.8 Å². The zero-order chi connectivity index (χ0) is 14.8. The quantitative estimate of drug-likeness (QED) is 0.872. The van der Waals surface area contributed by atoms with E-state index < -0.39 is 0 Å². The first-order chi connectivity index (χ1) is 10.9. The first-order valence-corrected chi connectivity index (χ1v) is 7.97. The van der Waals surface area contributed by atoms with Crippen LogP contribution >= 0.6 is 0 Å². The predicted octanol–water partition coefficient (Wildman–Crippen LogP) is 3.02. The first kappa shape index (κ1) is 13.9. The van der Waals surface area contributed by atoms with Crippen LogP contribution in [0.1, 0.15) is 49.1 Å². The summed E-state index contributed by atoms with van der Waals surface area (Å²) in [6.45, 7) is 2.21. The summed E-state index contributed by atoms with van der Waals surface area (Å²) in [7, 11) is 0. The Morgan fingerprint density at radius 2 is 1.82 bits per heavy atom. The number of hydrogen-bond donors (Lipinski definition) is 0. The fourth-order valence-corrected chi connectivity index (χ4v) is 3.43. The van der Waals surface area contributed by atoms with Gasteiger partial charge in [-0.05, 0) is 31.2 Å². The average Bonchev–Trinajstić information content (AvgIpc) is 3.28. The molecule has 0 bridgehead atoms. The summed E-state index contributed by atoms with van der Waals surface area (Å²) < 4.78 is 17.3. The van der Waals surface area contributed by atoms with E-state index in [1.54, 1.807) is 0 Å². The molecule has 0 saturated carbocycles. The van der Waals surface area contributed by atoms with Crippen LogP contribution in [0.15, 0.2) is 34.7 Å². The number of aromatic nitrogens is 2. The molecule has 2 fully saturated rings. The van der Waals surface area contributed by atoms with Gasteiger partial charge in [-0.25, -0.2) is 0 Å². The molecule has 0 amide bonds. The van der Waals surface area contributed by atoms with Gasteiger partial charge in [0.15, 0.2) is 0 Å². The highest BCUT2D eigenvalue weighted by Gasteiger charge is 2.41. The molecule has 116 valence electrons. The summed E-state index contributed by atoms with van der Waals surface area (Å²) in [4.78, 5) is 0. The van der Waals surface area contributed by atoms with E-state index in [1.165, 1.54) is 5.56 Å². The summed E-state index contributed by atoms with van der Waals surface area (Å²) in [5.74, 6) is 1.32. The van der Waals surface area contributed by atoms with E-state index in [0.717, 1.165) is 32.3 Å². The second kappa shape index (κ2) is 5.82. The molecule has 1 atom stereocenters. The molecule has 2 aliphatic heterocycles. The number of nitrogens with zero attached hydrogens (tertiary/aromatic N) is 2. The van der Waals surface area contributed by atoms with Gasteiger partial charge in [-0.1, -0.05) is 30.3 Å². The van der Waals surface area contributed by atoms with Crippen molar-refractivity contribution in [3.05, 3.63) is 47.7 Å². The number of ether oxygens (including phenoxy) is 2. The van der Waals surface area contributed by atoms with E-state index in [1.807, 2.05) is 6.07 Å². The van der Waals surface area contributed by atoms with Crippen molar-refractivity contribution in [2.45, 2.75) is 37.2 Å². The highest BCUT2D eigenvalue weighted by molar-refractivity contribution is 5.32. The molecule has 3 heterocycles. The van der Waals surface area contributed by atoms with E-state index in [4.69, 9.17) is 13.9 Å². The molecule has 0 N–H and O–H groups in total. The minimum Gasteiger partial charge on any atom is -0.421 e. The van der Waals surface area contributed by atoms with Gasteiger partial charge in [-0.2, -0.15) is 0 Å². The molecule has 0 unspecified atom stereocenters. The van der Waals surface area contributed by atoms with Crippen molar-refractivity contribution in [3.8, 4) is 0 Å². The number of hydrogen-bond acceptors (Lipinski definition) is 5. The Labute approximate surface area is 129 Å². The Hall–Kier alpha value is -1.72. The minimum atomic E-state index is -0.233. The number of rotatable bonds is 3.